The molecule has 19 heavy (non-hydrogen) atoms. The number of methoxy groups -OCH3 is 1. The van der Waals surface area contributed by atoms with Gasteiger partial charge < -0.3 is 15.0 Å². The Hall–Kier alpha value is -0.720. The Labute approximate surface area is 120 Å². The molecule has 106 valence electrons. The molecular formula is C13H17BrF2N2O. The SMILES string of the molecule is COc1cc(F)c(CCN2CCNCC2)c(F)c1Br. The summed E-state index contributed by atoms with van der Waals surface area (Å²) in [5.41, 5.74) is 0.117. The van der Waals surface area contributed by atoms with Gasteiger partial charge in [-0.15, -0.1) is 0 Å². The number of hydrogen-bond acceptors (Lipinski definition) is 3. The summed E-state index contributed by atoms with van der Waals surface area (Å²) in [4.78, 5) is 2.20. The van der Waals surface area contributed by atoms with Crippen LogP contribution in [0.2, 0.25) is 0 Å². The number of ether oxygens (including phenoxy) is 1. The molecule has 1 aromatic rings. The van der Waals surface area contributed by atoms with Crippen LogP contribution in [0, 0.1) is 11.6 Å². The fraction of sp³-hybridized carbons (Fsp3) is 0.538. The summed E-state index contributed by atoms with van der Waals surface area (Å²) in [6.07, 6.45) is 0.361. The second kappa shape index (κ2) is 6.63. The Bertz CT molecular complexity index is 451. The van der Waals surface area contributed by atoms with Crippen molar-refractivity contribution in [1.82, 2.24) is 10.2 Å². The highest BCUT2D eigenvalue weighted by molar-refractivity contribution is 9.10. The Morgan fingerprint density at radius 3 is 2.68 bits per heavy atom. The Morgan fingerprint density at radius 2 is 2.05 bits per heavy atom. The number of halogens is 3. The van der Waals surface area contributed by atoms with E-state index in [-0.39, 0.29) is 15.8 Å². The van der Waals surface area contributed by atoms with Crippen molar-refractivity contribution in [3.63, 3.8) is 0 Å². The van der Waals surface area contributed by atoms with E-state index in [0.29, 0.717) is 13.0 Å². The van der Waals surface area contributed by atoms with E-state index in [1.807, 2.05) is 0 Å². The number of hydrogen-bond donors (Lipinski definition) is 1. The summed E-state index contributed by atoms with van der Waals surface area (Å²) in [6, 6.07) is 1.22. The first-order valence-electron chi connectivity index (χ1n) is 6.27. The van der Waals surface area contributed by atoms with Crippen LogP contribution in [0.5, 0.6) is 5.75 Å². The number of rotatable bonds is 4. The first-order chi connectivity index (χ1) is 9.13. The summed E-state index contributed by atoms with van der Waals surface area (Å²) in [5, 5.41) is 3.25. The lowest BCUT2D eigenvalue weighted by molar-refractivity contribution is 0.242. The van der Waals surface area contributed by atoms with Gasteiger partial charge in [-0.2, -0.15) is 0 Å². The lowest BCUT2D eigenvalue weighted by Gasteiger charge is -2.27. The monoisotopic (exact) mass is 334 g/mol. The summed E-state index contributed by atoms with van der Waals surface area (Å²) < 4.78 is 33.0. The summed E-state index contributed by atoms with van der Waals surface area (Å²) in [7, 11) is 1.39. The predicted octanol–water partition coefficient (Wildman–Crippen LogP) is 2.18. The van der Waals surface area contributed by atoms with E-state index in [1.165, 1.54) is 13.2 Å². The van der Waals surface area contributed by atoms with Gasteiger partial charge in [-0.05, 0) is 22.4 Å². The topological polar surface area (TPSA) is 24.5 Å². The molecule has 1 fully saturated rings. The van der Waals surface area contributed by atoms with E-state index in [9.17, 15) is 8.78 Å². The molecule has 1 aliphatic heterocycles. The maximum atomic E-state index is 14.1. The van der Waals surface area contributed by atoms with Gasteiger partial charge in [-0.1, -0.05) is 0 Å². The molecule has 1 aromatic carbocycles. The molecule has 0 aliphatic carbocycles. The summed E-state index contributed by atoms with van der Waals surface area (Å²) in [5.74, 6) is -0.930. The van der Waals surface area contributed by atoms with Gasteiger partial charge in [0.25, 0.3) is 0 Å². The lowest BCUT2D eigenvalue weighted by atomic mass is 10.1. The first kappa shape index (κ1) is 14.7. The minimum absolute atomic E-state index is 0.117. The van der Waals surface area contributed by atoms with Crippen LogP contribution in [0.4, 0.5) is 8.78 Å². The molecule has 0 unspecified atom stereocenters. The standard InChI is InChI=1S/C13H17BrF2N2O/c1-19-11-8-10(15)9(13(16)12(11)14)2-5-18-6-3-17-4-7-18/h8,17H,2-7H2,1H3. The molecule has 0 bridgehead atoms. The summed E-state index contributed by atoms with van der Waals surface area (Å²) in [6.45, 7) is 4.35. The molecule has 0 amide bonds. The van der Waals surface area contributed by atoms with Crippen molar-refractivity contribution in [3.05, 3.63) is 27.7 Å². The van der Waals surface area contributed by atoms with Crippen LogP contribution in [0.15, 0.2) is 10.5 Å². The van der Waals surface area contributed by atoms with E-state index in [4.69, 9.17) is 4.74 Å². The zero-order valence-corrected chi connectivity index (χ0v) is 12.4. The van der Waals surface area contributed by atoms with Gasteiger partial charge >= 0.3 is 0 Å². The Balaban J connectivity index is 2.09. The molecule has 0 saturated carbocycles. The number of benzene rings is 1. The van der Waals surface area contributed by atoms with Crippen molar-refractivity contribution in [3.8, 4) is 5.75 Å². The van der Waals surface area contributed by atoms with Gasteiger partial charge in [0.2, 0.25) is 0 Å². The third-order valence-corrected chi connectivity index (χ3v) is 4.07. The van der Waals surface area contributed by atoms with Crippen molar-refractivity contribution in [1.29, 1.82) is 0 Å². The quantitative estimate of drug-likeness (QED) is 0.854. The Kier molecular flexibility index (Phi) is 5.13. The van der Waals surface area contributed by atoms with Crippen molar-refractivity contribution >= 4 is 15.9 Å². The van der Waals surface area contributed by atoms with Crippen LogP contribution in [-0.4, -0.2) is 44.7 Å². The second-order valence-corrected chi connectivity index (χ2v) is 5.30. The van der Waals surface area contributed by atoms with E-state index < -0.39 is 11.6 Å². The smallest absolute Gasteiger partial charge is 0.147 e. The average molecular weight is 335 g/mol. The third kappa shape index (κ3) is 3.43. The molecule has 0 atom stereocenters. The maximum absolute atomic E-state index is 14.1. The van der Waals surface area contributed by atoms with Crippen LogP contribution >= 0.6 is 15.9 Å². The maximum Gasteiger partial charge on any atom is 0.147 e. The fourth-order valence-corrected chi connectivity index (χ4v) is 2.71. The van der Waals surface area contributed by atoms with Gasteiger partial charge in [0.15, 0.2) is 0 Å². The van der Waals surface area contributed by atoms with Crippen LogP contribution < -0.4 is 10.1 Å². The molecule has 1 aliphatic rings. The van der Waals surface area contributed by atoms with Crippen molar-refractivity contribution in [2.24, 2.45) is 0 Å². The van der Waals surface area contributed by atoms with E-state index in [2.05, 4.69) is 26.1 Å². The van der Waals surface area contributed by atoms with Gasteiger partial charge in [-0.25, -0.2) is 8.78 Å². The number of nitrogens with zero attached hydrogens (tertiary/aromatic N) is 1. The molecule has 6 heteroatoms. The highest BCUT2D eigenvalue weighted by Gasteiger charge is 2.18. The van der Waals surface area contributed by atoms with Gasteiger partial charge in [0.1, 0.15) is 17.4 Å². The number of piperazine rings is 1. The molecule has 1 N–H and O–H groups in total. The van der Waals surface area contributed by atoms with Crippen LogP contribution in [0.25, 0.3) is 0 Å². The molecule has 0 aromatic heterocycles. The van der Waals surface area contributed by atoms with Gasteiger partial charge in [0, 0.05) is 44.4 Å². The van der Waals surface area contributed by atoms with Crippen LogP contribution in [0.3, 0.4) is 0 Å². The minimum Gasteiger partial charge on any atom is -0.495 e. The first-order valence-corrected chi connectivity index (χ1v) is 7.06. The molecule has 3 nitrogen and oxygen atoms in total. The van der Waals surface area contributed by atoms with Gasteiger partial charge in [0.05, 0.1) is 11.6 Å². The van der Waals surface area contributed by atoms with E-state index in [1.54, 1.807) is 0 Å². The van der Waals surface area contributed by atoms with Crippen molar-refractivity contribution < 1.29 is 13.5 Å². The van der Waals surface area contributed by atoms with Crippen LogP contribution in [0.1, 0.15) is 5.56 Å². The zero-order chi connectivity index (χ0) is 13.8. The number of nitrogens with one attached hydrogen (secondary N) is 1. The molecular weight excluding hydrogens is 318 g/mol. The molecule has 0 spiro atoms. The normalized spacial score (nSPS) is 16.6. The highest BCUT2D eigenvalue weighted by Crippen LogP contribution is 2.32. The van der Waals surface area contributed by atoms with Gasteiger partial charge in [-0.3, -0.25) is 0 Å². The van der Waals surface area contributed by atoms with E-state index >= 15 is 0 Å². The minimum atomic E-state index is -0.563. The highest BCUT2D eigenvalue weighted by atomic mass is 79.9. The zero-order valence-electron chi connectivity index (χ0n) is 10.8. The average Bonchev–Trinajstić information content (AvgIpc) is 2.44. The van der Waals surface area contributed by atoms with Crippen LogP contribution in [-0.2, 0) is 6.42 Å². The summed E-state index contributed by atoms with van der Waals surface area (Å²) >= 11 is 3.10. The third-order valence-electron chi connectivity index (χ3n) is 3.33. The predicted molar refractivity (Wildman–Crippen MR) is 73.6 cm³/mol. The molecule has 1 saturated heterocycles. The van der Waals surface area contributed by atoms with E-state index in [0.717, 1.165) is 26.2 Å². The largest absolute Gasteiger partial charge is 0.495 e. The molecule has 2 rings (SSSR count). The molecule has 1 heterocycles. The van der Waals surface area contributed by atoms with Crippen molar-refractivity contribution in [2.45, 2.75) is 6.42 Å². The lowest BCUT2D eigenvalue weighted by Crippen LogP contribution is -2.44. The van der Waals surface area contributed by atoms with Crippen molar-refractivity contribution in [2.75, 3.05) is 39.8 Å². The Morgan fingerprint density at radius 1 is 1.37 bits per heavy atom. The second-order valence-electron chi connectivity index (χ2n) is 4.51. The fourth-order valence-electron chi connectivity index (χ4n) is 2.19. The molecule has 0 radical (unpaired) electrons.